The summed E-state index contributed by atoms with van der Waals surface area (Å²) in [5.74, 6) is 0.739. The Labute approximate surface area is 112 Å². The van der Waals surface area contributed by atoms with E-state index in [0.29, 0.717) is 6.04 Å². The van der Waals surface area contributed by atoms with Gasteiger partial charge < -0.3 is 5.32 Å². The van der Waals surface area contributed by atoms with Crippen LogP contribution in [0.25, 0.3) is 0 Å². The molecule has 0 atom stereocenters. The zero-order chi connectivity index (χ0) is 13.4. The third-order valence-electron chi connectivity index (χ3n) is 3.34. The lowest BCUT2D eigenvalue weighted by Crippen LogP contribution is -2.21. The average Bonchev–Trinajstić information content (AvgIpc) is 2.79. The molecule has 1 aromatic heterocycles. The molecule has 0 aliphatic rings. The Morgan fingerprint density at radius 2 is 2.00 bits per heavy atom. The maximum absolute atomic E-state index is 4.48. The molecule has 0 spiro atoms. The fourth-order valence-corrected chi connectivity index (χ4v) is 2.18. The topological polar surface area (TPSA) is 29.9 Å². The number of nitrogens with one attached hydrogen (secondary N) is 1. The molecule has 0 amide bonds. The second-order valence-electron chi connectivity index (χ2n) is 5.50. The van der Waals surface area contributed by atoms with Crippen LogP contribution in [0.5, 0.6) is 0 Å². The van der Waals surface area contributed by atoms with Crippen molar-refractivity contribution in [2.24, 2.45) is 5.92 Å². The van der Waals surface area contributed by atoms with E-state index in [2.05, 4.69) is 49.0 Å². The summed E-state index contributed by atoms with van der Waals surface area (Å²) in [5, 5.41) is 7.96. The maximum atomic E-state index is 4.48. The van der Waals surface area contributed by atoms with Gasteiger partial charge in [0.2, 0.25) is 0 Å². The van der Waals surface area contributed by atoms with Crippen molar-refractivity contribution in [3.8, 4) is 0 Å². The molecule has 0 radical (unpaired) electrons. The fourth-order valence-electron chi connectivity index (χ4n) is 2.18. The van der Waals surface area contributed by atoms with E-state index in [0.717, 1.165) is 38.3 Å². The Balaban J connectivity index is 2.27. The minimum Gasteiger partial charge on any atom is -0.316 e. The normalized spacial score (nSPS) is 11.7. The van der Waals surface area contributed by atoms with Gasteiger partial charge in [-0.05, 0) is 50.3 Å². The Bertz CT molecular complexity index is 313. The van der Waals surface area contributed by atoms with Crippen molar-refractivity contribution in [3.05, 3.63) is 18.0 Å². The van der Waals surface area contributed by atoms with Crippen LogP contribution in [0, 0.1) is 5.92 Å². The van der Waals surface area contributed by atoms with Crippen LogP contribution in [0.3, 0.4) is 0 Å². The molecule has 3 nitrogen and oxygen atoms in total. The van der Waals surface area contributed by atoms with Gasteiger partial charge in [-0.15, -0.1) is 0 Å². The van der Waals surface area contributed by atoms with E-state index in [1.165, 1.54) is 12.0 Å². The standard InChI is InChI=1S/C15H29N3/c1-5-15(6-2)18-12-14(11-17-18)8-7-9-16-10-13(3)4/h11-13,15-16H,5-10H2,1-4H3. The van der Waals surface area contributed by atoms with Gasteiger partial charge in [-0.25, -0.2) is 0 Å². The summed E-state index contributed by atoms with van der Waals surface area (Å²) in [5.41, 5.74) is 1.37. The van der Waals surface area contributed by atoms with E-state index < -0.39 is 0 Å². The summed E-state index contributed by atoms with van der Waals surface area (Å²) in [6.07, 6.45) is 8.90. The second kappa shape index (κ2) is 8.30. The highest BCUT2D eigenvalue weighted by molar-refractivity contribution is 5.04. The van der Waals surface area contributed by atoms with E-state index in [9.17, 15) is 0 Å². The number of aromatic nitrogens is 2. The van der Waals surface area contributed by atoms with Crippen LogP contribution in [0.2, 0.25) is 0 Å². The largest absolute Gasteiger partial charge is 0.316 e. The van der Waals surface area contributed by atoms with Crippen LogP contribution in [0.4, 0.5) is 0 Å². The summed E-state index contributed by atoms with van der Waals surface area (Å²) in [6, 6.07) is 0.567. The molecule has 3 heteroatoms. The van der Waals surface area contributed by atoms with Gasteiger partial charge in [-0.2, -0.15) is 5.10 Å². The summed E-state index contributed by atoms with van der Waals surface area (Å²) < 4.78 is 2.14. The van der Waals surface area contributed by atoms with Crippen molar-refractivity contribution in [3.63, 3.8) is 0 Å². The van der Waals surface area contributed by atoms with Crippen LogP contribution in [-0.4, -0.2) is 22.9 Å². The maximum Gasteiger partial charge on any atom is 0.0521 e. The molecular weight excluding hydrogens is 222 g/mol. The molecule has 1 rings (SSSR count). The van der Waals surface area contributed by atoms with E-state index in [1.807, 2.05) is 6.20 Å². The van der Waals surface area contributed by atoms with Gasteiger partial charge in [0, 0.05) is 6.20 Å². The van der Waals surface area contributed by atoms with Gasteiger partial charge >= 0.3 is 0 Å². The van der Waals surface area contributed by atoms with Gasteiger partial charge in [-0.1, -0.05) is 27.7 Å². The summed E-state index contributed by atoms with van der Waals surface area (Å²) >= 11 is 0. The molecule has 0 aliphatic carbocycles. The van der Waals surface area contributed by atoms with Crippen molar-refractivity contribution in [1.82, 2.24) is 15.1 Å². The zero-order valence-electron chi connectivity index (χ0n) is 12.4. The predicted octanol–water partition coefficient (Wildman–Crippen LogP) is 3.42. The second-order valence-corrected chi connectivity index (χ2v) is 5.50. The van der Waals surface area contributed by atoms with Crippen molar-refractivity contribution in [2.75, 3.05) is 13.1 Å². The molecule has 18 heavy (non-hydrogen) atoms. The van der Waals surface area contributed by atoms with Gasteiger partial charge in [0.25, 0.3) is 0 Å². The highest BCUT2D eigenvalue weighted by Gasteiger charge is 2.07. The molecule has 1 N–H and O–H groups in total. The van der Waals surface area contributed by atoms with Gasteiger partial charge in [-0.3, -0.25) is 4.68 Å². The summed E-state index contributed by atoms with van der Waals surface area (Å²) in [7, 11) is 0. The first-order valence-corrected chi connectivity index (χ1v) is 7.41. The molecule has 0 unspecified atom stereocenters. The lowest BCUT2D eigenvalue weighted by molar-refractivity contribution is 0.428. The number of hydrogen-bond acceptors (Lipinski definition) is 2. The van der Waals surface area contributed by atoms with Crippen LogP contribution in [0.1, 0.15) is 58.6 Å². The predicted molar refractivity (Wildman–Crippen MR) is 77.9 cm³/mol. The first kappa shape index (κ1) is 15.2. The van der Waals surface area contributed by atoms with E-state index in [4.69, 9.17) is 0 Å². The fraction of sp³-hybridized carbons (Fsp3) is 0.800. The summed E-state index contributed by atoms with van der Waals surface area (Å²) in [4.78, 5) is 0. The number of aryl methyl sites for hydroxylation is 1. The molecule has 0 saturated heterocycles. The highest BCUT2D eigenvalue weighted by Crippen LogP contribution is 2.15. The highest BCUT2D eigenvalue weighted by atomic mass is 15.3. The molecule has 0 fully saturated rings. The van der Waals surface area contributed by atoms with Crippen molar-refractivity contribution in [1.29, 1.82) is 0 Å². The third kappa shape index (κ3) is 5.21. The molecule has 1 heterocycles. The Hall–Kier alpha value is -0.830. The lowest BCUT2D eigenvalue weighted by atomic mass is 10.1. The molecule has 0 saturated carbocycles. The van der Waals surface area contributed by atoms with Crippen LogP contribution in [0.15, 0.2) is 12.4 Å². The minimum atomic E-state index is 0.567. The van der Waals surface area contributed by atoms with Crippen molar-refractivity contribution >= 4 is 0 Å². The number of hydrogen-bond donors (Lipinski definition) is 1. The van der Waals surface area contributed by atoms with E-state index in [1.54, 1.807) is 0 Å². The van der Waals surface area contributed by atoms with Gasteiger partial charge in [0.15, 0.2) is 0 Å². The van der Waals surface area contributed by atoms with E-state index in [-0.39, 0.29) is 0 Å². The average molecular weight is 251 g/mol. The third-order valence-corrected chi connectivity index (χ3v) is 3.34. The first-order valence-electron chi connectivity index (χ1n) is 7.41. The van der Waals surface area contributed by atoms with Crippen molar-refractivity contribution in [2.45, 2.75) is 59.4 Å². The molecular formula is C15H29N3. The Kier molecular flexibility index (Phi) is 7.02. The van der Waals surface area contributed by atoms with Gasteiger partial charge in [0.05, 0.1) is 12.2 Å². The van der Waals surface area contributed by atoms with Gasteiger partial charge in [0.1, 0.15) is 0 Å². The zero-order valence-corrected chi connectivity index (χ0v) is 12.4. The molecule has 0 bridgehead atoms. The van der Waals surface area contributed by atoms with E-state index >= 15 is 0 Å². The number of rotatable bonds is 9. The molecule has 0 aliphatic heterocycles. The van der Waals surface area contributed by atoms with Crippen LogP contribution >= 0.6 is 0 Å². The van der Waals surface area contributed by atoms with Crippen LogP contribution in [-0.2, 0) is 6.42 Å². The first-order chi connectivity index (χ1) is 8.67. The Morgan fingerprint density at radius 3 is 2.61 bits per heavy atom. The number of nitrogens with zero attached hydrogens (tertiary/aromatic N) is 2. The SMILES string of the molecule is CCC(CC)n1cc(CCCNCC(C)C)cn1. The van der Waals surface area contributed by atoms with Crippen LogP contribution < -0.4 is 5.32 Å². The molecule has 104 valence electrons. The smallest absolute Gasteiger partial charge is 0.0521 e. The molecule has 1 aromatic rings. The minimum absolute atomic E-state index is 0.567. The quantitative estimate of drug-likeness (QED) is 0.682. The molecule has 0 aromatic carbocycles. The van der Waals surface area contributed by atoms with Crippen molar-refractivity contribution < 1.29 is 0 Å². The monoisotopic (exact) mass is 251 g/mol. The lowest BCUT2D eigenvalue weighted by Gasteiger charge is -2.12. The Morgan fingerprint density at radius 1 is 1.28 bits per heavy atom. The summed E-state index contributed by atoms with van der Waals surface area (Å²) in [6.45, 7) is 11.2.